The first-order chi connectivity index (χ1) is 9.72. The summed E-state index contributed by atoms with van der Waals surface area (Å²) in [7, 11) is 0. The molecule has 3 N–H and O–H groups in total. The lowest BCUT2D eigenvalue weighted by Crippen LogP contribution is -2.36. The van der Waals surface area contributed by atoms with Gasteiger partial charge >= 0.3 is 0 Å². The monoisotopic (exact) mass is 290 g/mol. The fourth-order valence-corrected chi connectivity index (χ4v) is 2.47. The molecule has 1 aliphatic rings. The zero-order chi connectivity index (χ0) is 13.9. The Morgan fingerprint density at radius 1 is 1.40 bits per heavy atom. The summed E-state index contributed by atoms with van der Waals surface area (Å²) in [5.74, 6) is -0.125. The van der Waals surface area contributed by atoms with Crippen LogP contribution in [-0.2, 0) is 0 Å². The van der Waals surface area contributed by atoms with E-state index in [1.54, 1.807) is 12.1 Å². The summed E-state index contributed by atoms with van der Waals surface area (Å²) >= 11 is 5.95. The molecule has 0 spiro atoms. The first-order valence-corrected chi connectivity index (χ1v) is 6.93. The van der Waals surface area contributed by atoms with Gasteiger partial charge in [0, 0.05) is 23.2 Å². The summed E-state index contributed by atoms with van der Waals surface area (Å²) in [4.78, 5) is 12.1. The van der Waals surface area contributed by atoms with Crippen LogP contribution >= 0.6 is 11.6 Å². The van der Waals surface area contributed by atoms with E-state index in [1.807, 2.05) is 18.2 Å². The number of aromatic nitrogens is 2. The first-order valence-electron chi connectivity index (χ1n) is 6.55. The van der Waals surface area contributed by atoms with Crippen LogP contribution in [0.25, 0.3) is 11.3 Å². The third kappa shape index (κ3) is 2.84. The standard InChI is InChI=1S/C14H15ClN4O/c15-10-3-1-2-9(6-10)12-7-13(19-18-12)14(20)17-11-4-5-16-8-11/h1-3,6-7,11,16H,4-5,8H2,(H,17,20)(H,18,19)/t11-/m0/s1. The van der Waals surface area contributed by atoms with Gasteiger partial charge in [-0.3, -0.25) is 9.89 Å². The highest BCUT2D eigenvalue weighted by molar-refractivity contribution is 6.30. The normalized spacial score (nSPS) is 18.1. The molecule has 5 nitrogen and oxygen atoms in total. The second kappa shape index (κ2) is 5.64. The quantitative estimate of drug-likeness (QED) is 0.807. The molecular weight excluding hydrogens is 276 g/mol. The Kier molecular flexibility index (Phi) is 3.71. The van der Waals surface area contributed by atoms with E-state index in [0.717, 1.165) is 25.1 Å². The zero-order valence-electron chi connectivity index (χ0n) is 10.8. The van der Waals surface area contributed by atoms with Gasteiger partial charge in [0.1, 0.15) is 5.69 Å². The Balaban J connectivity index is 1.74. The molecule has 20 heavy (non-hydrogen) atoms. The van der Waals surface area contributed by atoms with E-state index in [-0.39, 0.29) is 11.9 Å². The largest absolute Gasteiger partial charge is 0.347 e. The van der Waals surface area contributed by atoms with Crippen molar-refractivity contribution in [1.29, 1.82) is 0 Å². The van der Waals surface area contributed by atoms with E-state index in [4.69, 9.17) is 11.6 Å². The smallest absolute Gasteiger partial charge is 0.269 e. The molecule has 1 saturated heterocycles. The fourth-order valence-electron chi connectivity index (χ4n) is 2.27. The molecule has 1 fully saturated rings. The van der Waals surface area contributed by atoms with Crippen molar-refractivity contribution in [2.24, 2.45) is 0 Å². The molecule has 3 rings (SSSR count). The molecule has 1 amide bonds. The van der Waals surface area contributed by atoms with Crippen molar-refractivity contribution in [3.63, 3.8) is 0 Å². The highest BCUT2D eigenvalue weighted by atomic mass is 35.5. The van der Waals surface area contributed by atoms with Crippen LogP contribution in [0, 0.1) is 0 Å². The Morgan fingerprint density at radius 2 is 2.30 bits per heavy atom. The molecule has 0 unspecified atom stereocenters. The van der Waals surface area contributed by atoms with Crippen molar-refractivity contribution >= 4 is 17.5 Å². The van der Waals surface area contributed by atoms with Gasteiger partial charge in [-0.15, -0.1) is 0 Å². The van der Waals surface area contributed by atoms with E-state index < -0.39 is 0 Å². The van der Waals surface area contributed by atoms with Crippen LogP contribution in [0.15, 0.2) is 30.3 Å². The topological polar surface area (TPSA) is 69.8 Å². The number of aromatic amines is 1. The third-order valence-electron chi connectivity index (χ3n) is 3.34. The molecule has 1 aliphatic heterocycles. The maximum Gasteiger partial charge on any atom is 0.269 e. The van der Waals surface area contributed by atoms with Crippen molar-refractivity contribution < 1.29 is 4.79 Å². The van der Waals surface area contributed by atoms with Crippen molar-refractivity contribution in [3.8, 4) is 11.3 Å². The number of carbonyl (C=O) groups excluding carboxylic acids is 1. The molecular formula is C14H15ClN4O. The molecule has 0 bridgehead atoms. The molecule has 0 saturated carbocycles. The minimum Gasteiger partial charge on any atom is -0.347 e. The predicted octanol–water partition coefficient (Wildman–Crippen LogP) is 1.82. The van der Waals surface area contributed by atoms with E-state index in [9.17, 15) is 4.79 Å². The van der Waals surface area contributed by atoms with Crippen LogP contribution in [-0.4, -0.2) is 35.2 Å². The Morgan fingerprint density at radius 3 is 3.05 bits per heavy atom. The van der Waals surface area contributed by atoms with Gasteiger partial charge in [-0.2, -0.15) is 5.10 Å². The number of hydrogen-bond donors (Lipinski definition) is 3. The van der Waals surface area contributed by atoms with E-state index in [2.05, 4.69) is 20.8 Å². The SMILES string of the molecule is O=C(N[C@H]1CCNC1)c1cc(-c2cccc(Cl)c2)n[nH]1. The van der Waals surface area contributed by atoms with Crippen LogP contribution in [0.5, 0.6) is 0 Å². The van der Waals surface area contributed by atoms with Gasteiger partial charge in [0.15, 0.2) is 0 Å². The number of amides is 1. The number of benzene rings is 1. The minimum absolute atomic E-state index is 0.125. The minimum atomic E-state index is -0.125. The summed E-state index contributed by atoms with van der Waals surface area (Å²) < 4.78 is 0. The van der Waals surface area contributed by atoms with Crippen molar-refractivity contribution in [3.05, 3.63) is 41.0 Å². The lowest BCUT2D eigenvalue weighted by molar-refractivity contribution is 0.0935. The number of nitrogens with zero attached hydrogens (tertiary/aromatic N) is 1. The summed E-state index contributed by atoms with van der Waals surface area (Å²) in [5, 5.41) is 13.8. The molecule has 2 aromatic rings. The number of rotatable bonds is 3. The Bertz CT molecular complexity index is 619. The molecule has 0 radical (unpaired) electrons. The van der Waals surface area contributed by atoms with Crippen LogP contribution < -0.4 is 10.6 Å². The van der Waals surface area contributed by atoms with Gasteiger partial charge in [-0.05, 0) is 31.2 Å². The average molecular weight is 291 g/mol. The van der Waals surface area contributed by atoms with E-state index in [0.29, 0.717) is 16.4 Å². The molecule has 0 aliphatic carbocycles. The highest BCUT2D eigenvalue weighted by Crippen LogP contribution is 2.21. The molecule has 6 heteroatoms. The highest BCUT2D eigenvalue weighted by Gasteiger charge is 2.19. The Labute approximate surface area is 121 Å². The number of halogens is 1. The number of carbonyl (C=O) groups is 1. The average Bonchev–Trinajstić information content (AvgIpc) is 3.09. The van der Waals surface area contributed by atoms with Gasteiger partial charge in [-0.25, -0.2) is 0 Å². The van der Waals surface area contributed by atoms with Crippen LogP contribution in [0.4, 0.5) is 0 Å². The second-order valence-corrected chi connectivity index (χ2v) is 5.28. The third-order valence-corrected chi connectivity index (χ3v) is 3.57. The summed E-state index contributed by atoms with van der Waals surface area (Å²) in [6.45, 7) is 1.77. The van der Waals surface area contributed by atoms with Gasteiger partial charge in [0.05, 0.1) is 5.69 Å². The fraction of sp³-hybridized carbons (Fsp3) is 0.286. The number of H-pyrrole nitrogens is 1. The molecule has 1 aromatic heterocycles. The first kappa shape index (κ1) is 13.1. The molecule has 1 atom stereocenters. The summed E-state index contributed by atoms with van der Waals surface area (Å²) in [5.41, 5.74) is 2.06. The zero-order valence-corrected chi connectivity index (χ0v) is 11.6. The van der Waals surface area contributed by atoms with Gasteiger partial charge in [0.2, 0.25) is 0 Å². The van der Waals surface area contributed by atoms with Crippen LogP contribution in [0.3, 0.4) is 0 Å². The molecule has 1 aromatic carbocycles. The van der Waals surface area contributed by atoms with Gasteiger partial charge in [-0.1, -0.05) is 23.7 Å². The second-order valence-electron chi connectivity index (χ2n) is 4.84. The van der Waals surface area contributed by atoms with Crippen molar-refractivity contribution in [2.45, 2.75) is 12.5 Å². The van der Waals surface area contributed by atoms with Crippen LogP contribution in [0.1, 0.15) is 16.9 Å². The molecule has 2 heterocycles. The van der Waals surface area contributed by atoms with Crippen molar-refractivity contribution in [2.75, 3.05) is 13.1 Å². The maximum absolute atomic E-state index is 12.1. The van der Waals surface area contributed by atoms with E-state index in [1.165, 1.54) is 0 Å². The molecule has 104 valence electrons. The lowest BCUT2D eigenvalue weighted by Gasteiger charge is -2.09. The number of nitrogens with one attached hydrogen (secondary N) is 3. The van der Waals surface area contributed by atoms with Gasteiger partial charge in [0.25, 0.3) is 5.91 Å². The van der Waals surface area contributed by atoms with Gasteiger partial charge < -0.3 is 10.6 Å². The Hall–Kier alpha value is -1.85. The van der Waals surface area contributed by atoms with Crippen molar-refractivity contribution in [1.82, 2.24) is 20.8 Å². The summed E-state index contributed by atoms with van der Waals surface area (Å²) in [6.07, 6.45) is 0.959. The predicted molar refractivity (Wildman–Crippen MR) is 77.8 cm³/mol. The van der Waals surface area contributed by atoms with Crippen LogP contribution in [0.2, 0.25) is 5.02 Å². The summed E-state index contributed by atoms with van der Waals surface area (Å²) in [6, 6.07) is 9.32. The lowest BCUT2D eigenvalue weighted by atomic mass is 10.1. The maximum atomic E-state index is 12.1. The number of hydrogen-bond acceptors (Lipinski definition) is 3. The van der Waals surface area contributed by atoms with E-state index >= 15 is 0 Å².